The molecule has 0 saturated carbocycles. The maximum absolute atomic E-state index is 12.2. The number of piperazine rings is 1. The first-order valence-electron chi connectivity index (χ1n) is 7.79. The molecule has 0 aliphatic carbocycles. The molecule has 1 heterocycles. The van der Waals surface area contributed by atoms with Crippen molar-refractivity contribution >= 4 is 23.2 Å². The summed E-state index contributed by atoms with van der Waals surface area (Å²) in [5.74, 6) is -0.124. The number of halogens is 1. The van der Waals surface area contributed by atoms with E-state index in [4.69, 9.17) is 11.6 Å². The summed E-state index contributed by atoms with van der Waals surface area (Å²) in [7, 11) is 0. The summed E-state index contributed by atoms with van der Waals surface area (Å²) in [6.45, 7) is 4.33. The van der Waals surface area contributed by atoms with Crippen LogP contribution < -0.4 is 10.2 Å². The van der Waals surface area contributed by atoms with E-state index in [1.807, 2.05) is 18.2 Å². The zero-order chi connectivity index (χ0) is 16.1. The Morgan fingerprint density at radius 1 is 0.957 bits per heavy atom. The second kappa shape index (κ2) is 7.49. The van der Waals surface area contributed by atoms with Crippen LogP contribution in [0.3, 0.4) is 0 Å². The average Bonchev–Trinajstić information content (AvgIpc) is 2.61. The molecule has 0 unspecified atom stereocenters. The smallest absolute Gasteiger partial charge is 0.253 e. The predicted molar refractivity (Wildman–Crippen MR) is 94.0 cm³/mol. The third-order valence-corrected chi connectivity index (χ3v) is 4.40. The van der Waals surface area contributed by atoms with Crippen molar-refractivity contribution in [3.63, 3.8) is 0 Å². The second-order valence-electron chi connectivity index (χ2n) is 5.58. The Labute approximate surface area is 141 Å². The summed E-state index contributed by atoms with van der Waals surface area (Å²) in [5.41, 5.74) is 1.78. The molecule has 1 fully saturated rings. The fourth-order valence-electron chi connectivity index (χ4n) is 2.73. The standard InChI is InChI=1S/C18H20ClN3O/c19-17-9-5-4-8-16(17)18(23)20-14-21-10-12-22(13-11-21)15-6-2-1-3-7-15/h1-9H,10-14H2,(H,20,23). The molecule has 0 radical (unpaired) electrons. The molecular weight excluding hydrogens is 310 g/mol. The lowest BCUT2D eigenvalue weighted by Crippen LogP contribution is -2.50. The van der Waals surface area contributed by atoms with Gasteiger partial charge in [-0.3, -0.25) is 9.69 Å². The number of carbonyl (C=O) groups excluding carboxylic acids is 1. The summed E-state index contributed by atoms with van der Waals surface area (Å²) in [5, 5.41) is 3.43. The number of benzene rings is 2. The minimum Gasteiger partial charge on any atom is -0.369 e. The van der Waals surface area contributed by atoms with Gasteiger partial charge in [-0.15, -0.1) is 0 Å². The van der Waals surface area contributed by atoms with E-state index < -0.39 is 0 Å². The minimum absolute atomic E-state index is 0.124. The summed E-state index contributed by atoms with van der Waals surface area (Å²) in [4.78, 5) is 16.8. The maximum atomic E-state index is 12.2. The van der Waals surface area contributed by atoms with Crippen molar-refractivity contribution in [2.45, 2.75) is 0 Å². The average molecular weight is 330 g/mol. The molecule has 1 saturated heterocycles. The Balaban J connectivity index is 1.48. The summed E-state index contributed by atoms with van der Waals surface area (Å²) >= 11 is 6.05. The van der Waals surface area contributed by atoms with E-state index in [0.717, 1.165) is 26.2 Å². The van der Waals surface area contributed by atoms with Crippen molar-refractivity contribution < 1.29 is 4.79 Å². The predicted octanol–water partition coefficient (Wildman–Crippen LogP) is 2.85. The van der Waals surface area contributed by atoms with Gasteiger partial charge < -0.3 is 10.2 Å². The van der Waals surface area contributed by atoms with Gasteiger partial charge in [-0.2, -0.15) is 0 Å². The lowest BCUT2D eigenvalue weighted by molar-refractivity contribution is 0.0920. The summed E-state index contributed by atoms with van der Waals surface area (Å²) < 4.78 is 0. The van der Waals surface area contributed by atoms with Crippen LogP contribution in [0.4, 0.5) is 5.69 Å². The summed E-state index contributed by atoms with van der Waals surface area (Å²) in [6, 6.07) is 17.5. The quantitative estimate of drug-likeness (QED) is 0.937. The molecule has 1 aliphatic rings. The first-order valence-corrected chi connectivity index (χ1v) is 8.17. The van der Waals surface area contributed by atoms with E-state index in [-0.39, 0.29) is 5.91 Å². The van der Waals surface area contributed by atoms with Crippen LogP contribution in [0.2, 0.25) is 5.02 Å². The Bertz CT molecular complexity index is 654. The normalized spacial score (nSPS) is 15.4. The number of rotatable bonds is 4. The Kier molecular flexibility index (Phi) is 5.16. The Hall–Kier alpha value is -2.04. The molecule has 0 atom stereocenters. The lowest BCUT2D eigenvalue weighted by Gasteiger charge is -2.36. The van der Waals surface area contributed by atoms with Crippen LogP contribution in [0.25, 0.3) is 0 Å². The van der Waals surface area contributed by atoms with Crippen molar-refractivity contribution in [2.75, 3.05) is 37.7 Å². The molecule has 2 aromatic rings. The number of hydrogen-bond acceptors (Lipinski definition) is 3. The molecule has 0 bridgehead atoms. The fraction of sp³-hybridized carbons (Fsp3) is 0.278. The number of nitrogens with one attached hydrogen (secondary N) is 1. The van der Waals surface area contributed by atoms with Crippen LogP contribution >= 0.6 is 11.6 Å². The van der Waals surface area contributed by atoms with E-state index in [1.54, 1.807) is 12.1 Å². The highest BCUT2D eigenvalue weighted by Gasteiger charge is 2.18. The van der Waals surface area contributed by atoms with Gasteiger partial charge in [-0.1, -0.05) is 41.9 Å². The molecule has 2 aromatic carbocycles. The van der Waals surface area contributed by atoms with Gasteiger partial charge in [0, 0.05) is 31.9 Å². The minimum atomic E-state index is -0.124. The van der Waals surface area contributed by atoms with Crippen LogP contribution in [-0.2, 0) is 0 Å². The van der Waals surface area contributed by atoms with Crippen molar-refractivity contribution in [3.05, 3.63) is 65.2 Å². The zero-order valence-electron chi connectivity index (χ0n) is 12.9. The van der Waals surface area contributed by atoms with Gasteiger partial charge in [0.25, 0.3) is 5.91 Å². The fourth-order valence-corrected chi connectivity index (χ4v) is 2.95. The number of amides is 1. The maximum Gasteiger partial charge on any atom is 0.253 e. The molecule has 120 valence electrons. The van der Waals surface area contributed by atoms with E-state index >= 15 is 0 Å². The zero-order valence-corrected chi connectivity index (χ0v) is 13.7. The van der Waals surface area contributed by atoms with Crippen molar-refractivity contribution in [1.82, 2.24) is 10.2 Å². The van der Waals surface area contributed by atoms with Crippen LogP contribution in [0, 0.1) is 0 Å². The SMILES string of the molecule is O=C(NCN1CCN(c2ccccc2)CC1)c1ccccc1Cl. The first kappa shape index (κ1) is 15.8. The number of carbonyl (C=O) groups is 1. The second-order valence-corrected chi connectivity index (χ2v) is 5.99. The van der Waals surface area contributed by atoms with E-state index in [1.165, 1.54) is 5.69 Å². The third-order valence-electron chi connectivity index (χ3n) is 4.08. The van der Waals surface area contributed by atoms with Crippen molar-refractivity contribution in [3.8, 4) is 0 Å². The molecule has 23 heavy (non-hydrogen) atoms. The number of nitrogens with zero attached hydrogens (tertiary/aromatic N) is 2. The topological polar surface area (TPSA) is 35.6 Å². The van der Waals surface area contributed by atoms with Gasteiger partial charge in [0.1, 0.15) is 0 Å². The van der Waals surface area contributed by atoms with Crippen molar-refractivity contribution in [1.29, 1.82) is 0 Å². The molecule has 3 rings (SSSR count). The number of para-hydroxylation sites is 1. The van der Waals surface area contributed by atoms with Gasteiger partial charge in [0.05, 0.1) is 17.3 Å². The van der Waals surface area contributed by atoms with E-state index in [9.17, 15) is 4.79 Å². The molecule has 4 nitrogen and oxygen atoms in total. The van der Waals surface area contributed by atoms with Crippen molar-refractivity contribution in [2.24, 2.45) is 0 Å². The monoisotopic (exact) mass is 329 g/mol. The summed E-state index contributed by atoms with van der Waals surface area (Å²) in [6.07, 6.45) is 0. The number of anilines is 1. The van der Waals surface area contributed by atoms with Gasteiger partial charge in [0.15, 0.2) is 0 Å². The van der Waals surface area contributed by atoms with Crippen LogP contribution in [0.15, 0.2) is 54.6 Å². The highest BCUT2D eigenvalue weighted by atomic mass is 35.5. The van der Waals surface area contributed by atoms with Gasteiger partial charge in [-0.25, -0.2) is 0 Å². The lowest BCUT2D eigenvalue weighted by atomic mass is 10.2. The first-order chi connectivity index (χ1) is 11.2. The molecule has 5 heteroatoms. The number of hydrogen-bond donors (Lipinski definition) is 1. The molecule has 1 aliphatic heterocycles. The van der Waals surface area contributed by atoms with E-state index in [0.29, 0.717) is 17.3 Å². The van der Waals surface area contributed by atoms with E-state index in [2.05, 4.69) is 39.4 Å². The van der Waals surface area contributed by atoms with Gasteiger partial charge in [-0.05, 0) is 24.3 Å². The molecule has 1 amide bonds. The van der Waals surface area contributed by atoms with Crippen LogP contribution in [0.5, 0.6) is 0 Å². The van der Waals surface area contributed by atoms with Crippen LogP contribution in [0.1, 0.15) is 10.4 Å². The highest BCUT2D eigenvalue weighted by Crippen LogP contribution is 2.16. The molecular formula is C18H20ClN3O. The third kappa shape index (κ3) is 4.03. The molecule has 1 N–H and O–H groups in total. The van der Waals surface area contributed by atoms with Crippen LogP contribution in [-0.4, -0.2) is 43.7 Å². The molecule has 0 aromatic heterocycles. The van der Waals surface area contributed by atoms with Gasteiger partial charge in [0.2, 0.25) is 0 Å². The largest absolute Gasteiger partial charge is 0.369 e. The highest BCUT2D eigenvalue weighted by molar-refractivity contribution is 6.33. The Morgan fingerprint density at radius 3 is 2.30 bits per heavy atom. The Morgan fingerprint density at radius 2 is 1.61 bits per heavy atom. The van der Waals surface area contributed by atoms with Gasteiger partial charge >= 0.3 is 0 Å². The molecule has 0 spiro atoms.